The number of ether oxygens (including phenoxy) is 1. The number of aromatic nitrogens is 2. The Labute approximate surface area is 151 Å². The third-order valence-corrected chi connectivity index (χ3v) is 5.78. The second-order valence-corrected chi connectivity index (χ2v) is 7.73. The maximum absolute atomic E-state index is 5.32. The predicted molar refractivity (Wildman–Crippen MR) is 101 cm³/mol. The average Bonchev–Trinajstić information content (AvgIpc) is 3.13. The minimum absolute atomic E-state index is 0.0315. The lowest BCUT2D eigenvalue weighted by Crippen LogP contribution is -2.38. The Kier molecular flexibility index (Phi) is 6.70. The third-order valence-electron chi connectivity index (χ3n) is 3.65. The molecule has 8 heteroatoms. The second-order valence-electron chi connectivity index (χ2n) is 5.55. The number of hydrogen-bond acceptors (Lipinski definition) is 6. The number of aryl methyl sites for hydroxylation is 2. The van der Waals surface area contributed by atoms with Crippen molar-refractivity contribution in [1.29, 1.82) is 0 Å². The number of hydrogen-bond donors (Lipinski definition) is 1. The predicted octanol–water partition coefficient (Wildman–Crippen LogP) is 3.13. The number of guanidine groups is 1. The van der Waals surface area contributed by atoms with Crippen LogP contribution in [-0.2, 0) is 17.8 Å². The van der Waals surface area contributed by atoms with Crippen molar-refractivity contribution in [3.05, 3.63) is 31.7 Å². The van der Waals surface area contributed by atoms with Gasteiger partial charge in [-0.3, -0.25) is 4.99 Å². The van der Waals surface area contributed by atoms with E-state index in [2.05, 4.69) is 30.6 Å². The van der Waals surface area contributed by atoms with Crippen LogP contribution in [0.5, 0.6) is 0 Å². The lowest BCUT2D eigenvalue weighted by molar-refractivity contribution is 0.119. The molecule has 0 aliphatic carbocycles. The van der Waals surface area contributed by atoms with Crippen LogP contribution >= 0.6 is 22.7 Å². The maximum atomic E-state index is 5.32. The van der Waals surface area contributed by atoms with Gasteiger partial charge in [-0.15, -0.1) is 22.7 Å². The molecule has 0 saturated heterocycles. The van der Waals surface area contributed by atoms with E-state index in [0.29, 0.717) is 6.54 Å². The van der Waals surface area contributed by atoms with Gasteiger partial charge in [0, 0.05) is 31.5 Å². The van der Waals surface area contributed by atoms with Crippen molar-refractivity contribution in [3.63, 3.8) is 0 Å². The van der Waals surface area contributed by atoms with Gasteiger partial charge < -0.3 is 15.0 Å². The van der Waals surface area contributed by atoms with Crippen LogP contribution in [0.2, 0.25) is 0 Å². The van der Waals surface area contributed by atoms with Gasteiger partial charge in [0.2, 0.25) is 0 Å². The molecule has 2 aromatic heterocycles. The van der Waals surface area contributed by atoms with Gasteiger partial charge in [0.1, 0.15) is 11.1 Å². The summed E-state index contributed by atoms with van der Waals surface area (Å²) in [4.78, 5) is 16.8. The molecule has 0 aliphatic rings. The molecule has 132 valence electrons. The van der Waals surface area contributed by atoms with Crippen LogP contribution in [0.3, 0.4) is 0 Å². The monoisotopic (exact) mass is 367 g/mol. The minimum Gasteiger partial charge on any atom is -0.375 e. The van der Waals surface area contributed by atoms with E-state index in [0.717, 1.165) is 33.9 Å². The smallest absolute Gasteiger partial charge is 0.194 e. The normalized spacial score (nSPS) is 13.2. The molecule has 0 saturated carbocycles. The van der Waals surface area contributed by atoms with Gasteiger partial charge in [-0.05, 0) is 20.8 Å². The van der Waals surface area contributed by atoms with Crippen molar-refractivity contribution in [2.24, 2.45) is 4.99 Å². The van der Waals surface area contributed by atoms with Gasteiger partial charge in [-0.1, -0.05) is 0 Å². The van der Waals surface area contributed by atoms with Crippen LogP contribution < -0.4 is 5.32 Å². The zero-order valence-electron chi connectivity index (χ0n) is 15.1. The summed E-state index contributed by atoms with van der Waals surface area (Å²) in [6, 6.07) is 0. The molecular formula is C16H25N5OS2. The van der Waals surface area contributed by atoms with Crippen molar-refractivity contribution in [3.8, 4) is 0 Å². The third kappa shape index (κ3) is 4.75. The average molecular weight is 368 g/mol. The van der Waals surface area contributed by atoms with E-state index in [1.165, 1.54) is 4.88 Å². The molecule has 2 aromatic rings. The van der Waals surface area contributed by atoms with Gasteiger partial charge in [-0.2, -0.15) is 0 Å². The molecule has 1 atom stereocenters. The molecule has 0 aromatic carbocycles. The Balaban J connectivity index is 1.95. The highest BCUT2D eigenvalue weighted by Crippen LogP contribution is 2.21. The van der Waals surface area contributed by atoms with E-state index >= 15 is 0 Å². The summed E-state index contributed by atoms with van der Waals surface area (Å²) < 4.78 is 5.32. The van der Waals surface area contributed by atoms with Crippen LogP contribution in [-0.4, -0.2) is 42.0 Å². The van der Waals surface area contributed by atoms with E-state index in [9.17, 15) is 0 Å². The molecule has 2 rings (SSSR count). The summed E-state index contributed by atoms with van der Waals surface area (Å²) in [6.07, 6.45) is 0.0315. The van der Waals surface area contributed by atoms with Crippen molar-refractivity contribution in [1.82, 2.24) is 20.2 Å². The summed E-state index contributed by atoms with van der Waals surface area (Å²) in [5.74, 6) is 0.842. The molecule has 24 heavy (non-hydrogen) atoms. The summed E-state index contributed by atoms with van der Waals surface area (Å²) >= 11 is 3.35. The number of nitrogens with zero attached hydrogens (tertiary/aromatic N) is 4. The fraction of sp³-hybridized carbons (Fsp3) is 0.562. The van der Waals surface area contributed by atoms with Gasteiger partial charge in [0.15, 0.2) is 5.96 Å². The molecule has 0 radical (unpaired) electrons. The molecular weight excluding hydrogens is 342 g/mol. The standard InChI is InChI=1S/C16H25N5OS2/c1-10-14(24-12(3)19-10)7-18-16(17-4)21(5)8-13-9-23-15(20-13)11(2)22-6/h9,11H,7-8H2,1-6H3,(H,17,18). The Bertz CT molecular complexity index is 694. The zero-order chi connectivity index (χ0) is 17.7. The number of methoxy groups -OCH3 is 1. The van der Waals surface area contributed by atoms with Crippen LogP contribution in [0.25, 0.3) is 0 Å². The second kappa shape index (κ2) is 8.55. The first kappa shape index (κ1) is 18.8. The molecule has 2 heterocycles. The van der Waals surface area contributed by atoms with E-state index < -0.39 is 0 Å². The molecule has 0 aliphatic heterocycles. The molecule has 0 fully saturated rings. The molecule has 1 unspecified atom stereocenters. The fourth-order valence-corrected chi connectivity index (χ4v) is 4.00. The fourth-order valence-electron chi connectivity index (χ4n) is 2.28. The number of nitrogens with one attached hydrogen (secondary N) is 1. The van der Waals surface area contributed by atoms with Crippen LogP contribution in [0.4, 0.5) is 0 Å². The van der Waals surface area contributed by atoms with Gasteiger partial charge >= 0.3 is 0 Å². The van der Waals surface area contributed by atoms with Gasteiger partial charge in [0.05, 0.1) is 29.5 Å². The topological polar surface area (TPSA) is 62.6 Å². The summed E-state index contributed by atoms with van der Waals surface area (Å²) in [5.41, 5.74) is 2.11. The maximum Gasteiger partial charge on any atom is 0.194 e. The lowest BCUT2D eigenvalue weighted by atomic mass is 10.4. The lowest BCUT2D eigenvalue weighted by Gasteiger charge is -2.21. The first-order valence-electron chi connectivity index (χ1n) is 7.76. The highest BCUT2D eigenvalue weighted by Gasteiger charge is 2.13. The van der Waals surface area contributed by atoms with Crippen molar-refractivity contribution >= 4 is 28.6 Å². The molecule has 0 amide bonds. The van der Waals surface area contributed by atoms with E-state index in [1.807, 2.05) is 27.8 Å². The summed E-state index contributed by atoms with van der Waals surface area (Å²) in [6.45, 7) is 7.51. The van der Waals surface area contributed by atoms with Crippen molar-refractivity contribution in [2.45, 2.75) is 40.0 Å². The Morgan fingerprint density at radius 1 is 1.42 bits per heavy atom. The number of aliphatic imine (C=N–C) groups is 1. The SMILES string of the molecule is CN=C(NCc1sc(C)nc1C)N(C)Cc1csc(C(C)OC)n1. The largest absolute Gasteiger partial charge is 0.375 e. The minimum atomic E-state index is 0.0315. The first-order valence-corrected chi connectivity index (χ1v) is 9.46. The Morgan fingerprint density at radius 3 is 2.75 bits per heavy atom. The molecule has 1 N–H and O–H groups in total. The first-order chi connectivity index (χ1) is 11.4. The van der Waals surface area contributed by atoms with Crippen LogP contribution in [0.15, 0.2) is 10.4 Å². The Hall–Kier alpha value is -1.51. The van der Waals surface area contributed by atoms with E-state index in [4.69, 9.17) is 4.74 Å². The van der Waals surface area contributed by atoms with E-state index in [-0.39, 0.29) is 6.10 Å². The van der Waals surface area contributed by atoms with Gasteiger partial charge in [-0.25, -0.2) is 9.97 Å². The highest BCUT2D eigenvalue weighted by atomic mass is 32.1. The van der Waals surface area contributed by atoms with E-state index in [1.54, 1.807) is 36.8 Å². The quantitative estimate of drug-likeness (QED) is 0.628. The molecule has 0 bridgehead atoms. The highest BCUT2D eigenvalue weighted by molar-refractivity contribution is 7.11. The number of thiazole rings is 2. The Morgan fingerprint density at radius 2 is 2.17 bits per heavy atom. The number of rotatable bonds is 6. The molecule has 6 nitrogen and oxygen atoms in total. The van der Waals surface area contributed by atoms with Crippen molar-refractivity contribution in [2.75, 3.05) is 21.2 Å². The van der Waals surface area contributed by atoms with Gasteiger partial charge in [0.25, 0.3) is 0 Å². The van der Waals surface area contributed by atoms with Crippen LogP contribution in [0.1, 0.15) is 39.3 Å². The summed E-state index contributed by atoms with van der Waals surface area (Å²) in [7, 11) is 5.51. The van der Waals surface area contributed by atoms with Crippen LogP contribution in [0, 0.1) is 13.8 Å². The zero-order valence-corrected chi connectivity index (χ0v) is 16.7. The molecule has 0 spiro atoms. The summed E-state index contributed by atoms with van der Waals surface area (Å²) in [5, 5.41) is 7.56. The van der Waals surface area contributed by atoms with Crippen molar-refractivity contribution < 1.29 is 4.74 Å².